The van der Waals surface area contributed by atoms with Crippen molar-refractivity contribution >= 4 is 39.8 Å². The Kier molecular flexibility index (Phi) is 4.39. The normalized spacial score (nSPS) is 10.0. The highest BCUT2D eigenvalue weighted by molar-refractivity contribution is 7.15. The molecule has 2 rings (SSSR count). The van der Waals surface area contributed by atoms with Crippen LogP contribution in [0.2, 0.25) is 0 Å². The molecule has 2 N–H and O–H groups in total. The Balaban J connectivity index is 1.97. The Hall–Kier alpha value is -2.61. The van der Waals surface area contributed by atoms with Gasteiger partial charge < -0.3 is 5.32 Å². The van der Waals surface area contributed by atoms with Gasteiger partial charge in [0.2, 0.25) is 5.13 Å². The number of aromatic nitrogens is 2. The first-order valence-corrected chi connectivity index (χ1v) is 6.81. The van der Waals surface area contributed by atoms with Crippen LogP contribution in [0.15, 0.2) is 24.3 Å². The lowest BCUT2D eigenvalue weighted by Crippen LogP contribution is -2.29. The van der Waals surface area contributed by atoms with Crippen LogP contribution < -0.4 is 10.6 Å². The van der Waals surface area contributed by atoms with Crippen LogP contribution in [0.25, 0.3) is 0 Å². The average molecular weight is 304 g/mol. The van der Waals surface area contributed by atoms with Crippen molar-refractivity contribution in [3.05, 3.63) is 34.8 Å². The summed E-state index contributed by atoms with van der Waals surface area (Å²) in [6.07, 6.45) is 0. The van der Waals surface area contributed by atoms with Crippen LogP contribution in [-0.2, 0) is 9.59 Å². The van der Waals surface area contributed by atoms with Crippen molar-refractivity contribution in [3.63, 3.8) is 0 Å². The summed E-state index contributed by atoms with van der Waals surface area (Å²) in [6.45, 7) is 3.19. The zero-order chi connectivity index (χ0) is 15.4. The lowest BCUT2D eigenvalue weighted by atomic mass is 10.1. The second-order valence-electron chi connectivity index (χ2n) is 4.17. The molecule has 2 amide bonds. The maximum Gasteiger partial charge on any atom is 0.315 e. The SMILES string of the molecule is CC(=O)c1ccc(NC(=O)C(=O)Nc2nnc(C)s2)cc1. The lowest BCUT2D eigenvalue weighted by molar-refractivity contribution is -0.133. The molecule has 108 valence electrons. The second-order valence-corrected chi connectivity index (χ2v) is 5.35. The van der Waals surface area contributed by atoms with Crippen molar-refractivity contribution in [1.29, 1.82) is 0 Å². The van der Waals surface area contributed by atoms with Crippen LogP contribution in [0, 0.1) is 6.92 Å². The molecule has 0 aliphatic carbocycles. The van der Waals surface area contributed by atoms with E-state index in [4.69, 9.17) is 0 Å². The van der Waals surface area contributed by atoms with Crippen LogP contribution in [-0.4, -0.2) is 27.8 Å². The molecule has 2 aromatic rings. The third-order valence-electron chi connectivity index (χ3n) is 2.50. The Morgan fingerprint density at radius 1 is 1.00 bits per heavy atom. The van der Waals surface area contributed by atoms with Crippen molar-refractivity contribution in [1.82, 2.24) is 10.2 Å². The lowest BCUT2D eigenvalue weighted by Gasteiger charge is -2.05. The summed E-state index contributed by atoms with van der Waals surface area (Å²) in [5.74, 6) is -1.72. The number of amides is 2. The van der Waals surface area contributed by atoms with Gasteiger partial charge in [-0.25, -0.2) is 0 Å². The van der Waals surface area contributed by atoms with E-state index >= 15 is 0 Å². The van der Waals surface area contributed by atoms with Crippen molar-refractivity contribution in [2.75, 3.05) is 10.6 Å². The van der Waals surface area contributed by atoms with Gasteiger partial charge in [0.05, 0.1) is 0 Å². The molecule has 1 aromatic carbocycles. The van der Waals surface area contributed by atoms with Crippen molar-refractivity contribution < 1.29 is 14.4 Å². The van der Waals surface area contributed by atoms with Gasteiger partial charge >= 0.3 is 11.8 Å². The molecule has 7 nitrogen and oxygen atoms in total. The molecule has 0 fully saturated rings. The number of anilines is 2. The molecule has 0 atom stereocenters. The zero-order valence-corrected chi connectivity index (χ0v) is 12.2. The maximum atomic E-state index is 11.7. The van der Waals surface area contributed by atoms with Crippen molar-refractivity contribution in [3.8, 4) is 0 Å². The summed E-state index contributed by atoms with van der Waals surface area (Å²) >= 11 is 1.17. The van der Waals surface area contributed by atoms with E-state index in [9.17, 15) is 14.4 Å². The predicted molar refractivity (Wildman–Crippen MR) is 78.4 cm³/mol. The monoisotopic (exact) mass is 304 g/mol. The minimum atomic E-state index is -0.832. The average Bonchev–Trinajstić information content (AvgIpc) is 2.84. The maximum absolute atomic E-state index is 11.7. The molecule has 8 heteroatoms. The number of hydrogen-bond donors (Lipinski definition) is 2. The van der Waals surface area contributed by atoms with E-state index in [1.165, 1.54) is 18.3 Å². The molecular weight excluding hydrogens is 292 g/mol. The van der Waals surface area contributed by atoms with Crippen molar-refractivity contribution in [2.24, 2.45) is 0 Å². The molecule has 0 unspecified atom stereocenters. The number of benzene rings is 1. The zero-order valence-electron chi connectivity index (χ0n) is 11.3. The predicted octanol–water partition coefficient (Wildman–Crippen LogP) is 1.63. The Bertz CT molecular complexity index is 694. The molecular formula is C13H12N4O3S. The van der Waals surface area contributed by atoms with Crippen LogP contribution in [0.1, 0.15) is 22.3 Å². The highest BCUT2D eigenvalue weighted by Gasteiger charge is 2.16. The van der Waals surface area contributed by atoms with Gasteiger partial charge in [-0.05, 0) is 38.1 Å². The first-order valence-electron chi connectivity index (χ1n) is 5.99. The molecule has 21 heavy (non-hydrogen) atoms. The minimum absolute atomic E-state index is 0.0720. The molecule has 1 aromatic heterocycles. The molecule has 0 saturated heterocycles. The number of Topliss-reactive ketones (excluding diaryl/α,β-unsaturated/α-hetero) is 1. The fourth-order valence-electron chi connectivity index (χ4n) is 1.48. The number of nitrogens with zero attached hydrogens (tertiary/aromatic N) is 2. The topological polar surface area (TPSA) is 101 Å². The Labute approximate surface area is 124 Å². The van der Waals surface area contributed by atoms with Crippen LogP contribution in [0.4, 0.5) is 10.8 Å². The van der Waals surface area contributed by atoms with Crippen molar-refractivity contribution in [2.45, 2.75) is 13.8 Å². The van der Waals surface area contributed by atoms with Gasteiger partial charge in [0.15, 0.2) is 5.78 Å². The number of carbonyl (C=O) groups is 3. The summed E-state index contributed by atoms with van der Waals surface area (Å²) in [4.78, 5) is 34.5. The molecule has 0 aliphatic rings. The second kappa shape index (κ2) is 6.23. The van der Waals surface area contributed by atoms with E-state index in [0.29, 0.717) is 16.3 Å². The third-order valence-corrected chi connectivity index (χ3v) is 3.26. The summed E-state index contributed by atoms with van der Waals surface area (Å²) in [7, 11) is 0. The van der Waals surface area contributed by atoms with E-state index in [-0.39, 0.29) is 10.9 Å². The highest BCUT2D eigenvalue weighted by atomic mass is 32.1. The number of ketones is 1. The van der Waals surface area contributed by atoms with E-state index in [1.807, 2.05) is 0 Å². The first-order chi connectivity index (χ1) is 9.95. The smallest absolute Gasteiger partial charge is 0.315 e. The molecule has 0 bridgehead atoms. The molecule has 0 radical (unpaired) electrons. The molecule has 0 aliphatic heterocycles. The van der Waals surface area contributed by atoms with E-state index in [0.717, 1.165) is 0 Å². The first kappa shape index (κ1) is 14.8. The number of nitrogens with one attached hydrogen (secondary N) is 2. The van der Waals surface area contributed by atoms with Crippen LogP contribution >= 0.6 is 11.3 Å². The molecule has 0 spiro atoms. The van der Waals surface area contributed by atoms with Gasteiger partial charge in [0.25, 0.3) is 0 Å². The molecule has 1 heterocycles. The van der Waals surface area contributed by atoms with E-state index < -0.39 is 11.8 Å². The number of hydrogen-bond acceptors (Lipinski definition) is 6. The number of aryl methyl sites for hydroxylation is 1. The van der Waals surface area contributed by atoms with Gasteiger partial charge in [0.1, 0.15) is 5.01 Å². The summed E-state index contributed by atoms with van der Waals surface area (Å²) in [5, 5.41) is 13.2. The minimum Gasteiger partial charge on any atom is -0.318 e. The third kappa shape index (κ3) is 3.93. The Morgan fingerprint density at radius 2 is 1.62 bits per heavy atom. The van der Waals surface area contributed by atoms with Gasteiger partial charge in [0, 0.05) is 11.3 Å². The van der Waals surface area contributed by atoms with Crippen LogP contribution in [0.5, 0.6) is 0 Å². The van der Waals surface area contributed by atoms with E-state index in [1.54, 1.807) is 31.2 Å². The standard InChI is InChI=1S/C13H12N4O3S/c1-7(18)9-3-5-10(6-4-9)14-11(19)12(20)15-13-17-16-8(2)21-13/h3-6H,1-2H3,(H,14,19)(H,15,17,20). The summed E-state index contributed by atoms with van der Waals surface area (Å²) in [6, 6.07) is 6.25. The van der Waals surface area contributed by atoms with E-state index in [2.05, 4.69) is 20.8 Å². The quantitative estimate of drug-likeness (QED) is 0.663. The number of carbonyl (C=O) groups excluding carboxylic acids is 3. The van der Waals surface area contributed by atoms with Gasteiger partial charge in [-0.2, -0.15) is 0 Å². The fraction of sp³-hybridized carbons (Fsp3) is 0.154. The fourth-order valence-corrected chi connectivity index (χ4v) is 2.06. The van der Waals surface area contributed by atoms with Gasteiger partial charge in [-0.15, -0.1) is 10.2 Å². The van der Waals surface area contributed by atoms with Gasteiger partial charge in [-0.3, -0.25) is 19.7 Å². The highest BCUT2D eigenvalue weighted by Crippen LogP contribution is 2.14. The van der Waals surface area contributed by atoms with Gasteiger partial charge in [-0.1, -0.05) is 11.3 Å². The largest absolute Gasteiger partial charge is 0.318 e. The number of rotatable bonds is 3. The Morgan fingerprint density at radius 3 is 2.14 bits per heavy atom. The summed E-state index contributed by atoms with van der Waals surface area (Å²) in [5.41, 5.74) is 0.954. The molecule has 0 saturated carbocycles. The van der Waals surface area contributed by atoms with Crippen LogP contribution in [0.3, 0.4) is 0 Å². The summed E-state index contributed by atoms with van der Waals surface area (Å²) < 4.78 is 0.